The van der Waals surface area contributed by atoms with Crippen molar-refractivity contribution in [2.45, 2.75) is 19.0 Å². The normalized spacial score (nSPS) is 21.5. The topological polar surface area (TPSA) is 29.1 Å². The molecule has 1 unspecified atom stereocenters. The van der Waals surface area contributed by atoms with Gasteiger partial charge in [0.05, 0.1) is 6.04 Å². The number of hydrogen-bond acceptors (Lipinski definition) is 2. The molecule has 0 aliphatic carbocycles. The fourth-order valence-electron chi connectivity index (χ4n) is 1.58. The molecule has 1 heterocycles. The maximum Gasteiger partial charge on any atom is 0.137 e. The summed E-state index contributed by atoms with van der Waals surface area (Å²) in [5.41, 5.74) is 2.61. The summed E-state index contributed by atoms with van der Waals surface area (Å²) in [6.07, 6.45) is 1.82. The molecule has 1 aliphatic heterocycles. The van der Waals surface area contributed by atoms with Gasteiger partial charge in [0.1, 0.15) is 6.29 Å². The molecule has 1 aromatic carbocycles. The van der Waals surface area contributed by atoms with Gasteiger partial charge in [-0.3, -0.25) is 0 Å². The predicted molar refractivity (Wildman–Crippen MR) is 46.8 cm³/mol. The average molecular weight is 161 g/mol. The van der Waals surface area contributed by atoms with E-state index in [1.165, 1.54) is 11.1 Å². The van der Waals surface area contributed by atoms with E-state index >= 15 is 0 Å². The summed E-state index contributed by atoms with van der Waals surface area (Å²) in [7, 11) is 0. The van der Waals surface area contributed by atoms with Crippen molar-refractivity contribution in [3.8, 4) is 0 Å². The van der Waals surface area contributed by atoms with E-state index in [2.05, 4.69) is 17.4 Å². The highest BCUT2D eigenvalue weighted by Gasteiger charge is 2.15. The van der Waals surface area contributed by atoms with Gasteiger partial charge in [-0.2, -0.15) is 0 Å². The van der Waals surface area contributed by atoms with E-state index in [1.54, 1.807) is 0 Å². The molecule has 0 aromatic heterocycles. The van der Waals surface area contributed by atoms with Crippen LogP contribution in [-0.2, 0) is 17.8 Å². The van der Waals surface area contributed by atoms with Gasteiger partial charge in [0, 0.05) is 6.54 Å². The number of aldehydes is 1. The lowest BCUT2D eigenvalue weighted by Crippen LogP contribution is -2.36. The Morgan fingerprint density at radius 2 is 2.08 bits per heavy atom. The summed E-state index contributed by atoms with van der Waals surface area (Å²) >= 11 is 0. The van der Waals surface area contributed by atoms with E-state index in [9.17, 15) is 4.79 Å². The van der Waals surface area contributed by atoms with Crippen LogP contribution in [0.15, 0.2) is 24.3 Å². The van der Waals surface area contributed by atoms with Gasteiger partial charge < -0.3 is 10.1 Å². The Hall–Kier alpha value is -1.15. The summed E-state index contributed by atoms with van der Waals surface area (Å²) < 4.78 is 0. The molecule has 2 rings (SSSR count). The monoisotopic (exact) mass is 161 g/mol. The maximum absolute atomic E-state index is 10.5. The summed E-state index contributed by atoms with van der Waals surface area (Å²) in [6.45, 7) is 0.819. The molecule has 2 heteroatoms. The summed E-state index contributed by atoms with van der Waals surface area (Å²) in [5.74, 6) is 0. The molecule has 0 radical (unpaired) electrons. The zero-order valence-electron chi connectivity index (χ0n) is 6.79. The van der Waals surface area contributed by atoms with Crippen LogP contribution in [0.2, 0.25) is 0 Å². The van der Waals surface area contributed by atoms with Crippen molar-refractivity contribution in [1.29, 1.82) is 0 Å². The molecule has 0 saturated carbocycles. The number of carbonyl (C=O) groups excluding carboxylic acids is 1. The molecule has 12 heavy (non-hydrogen) atoms. The molecule has 0 saturated heterocycles. The minimum absolute atomic E-state index is 0.0138. The van der Waals surface area contributed by atoms with Crippen molar-refractivity contribution < 1.29 is 4.79 Å². The highest BCUT2D eigenvalue weighted by atomic mass is 16.1. The first-order chi connectivity index (χ1) is 5.90. The van der Waals surface area contributed by atoms with Crippen molar-refractivity contribution in [2.24, 2.45) is 0 Å². The zero-order chi connectivity index (χ0) is 8.39. The molecule has 1 atom stereocenters. The van der Waals surface area contributed by atoms with Crippen LogP contribution in [0.3, 0.4) is 0 Å². The Morgan fingerprint density at radius 1 is 1.33 bits per heavy atom. The fourth-order valence-corrected chi connectivity index (χ4v) is 1.58. The van der Waals surface area contributed by atoms with Gasteiger partial charge in [0.25, 0.3) is 0 Å². The standard InChI is InChI=1S/C10H11NO/c12-7-10-5-8-3-1-2-4-9(8)6-11-10/h1-4,7,10-11H,5-6H2. The summed E-state index contributed by atoms with van der Waals surface area (Å²) in [4.78, 5) is 10.5. The minimum Gasteiger partial charge on any atom is -0.303 e. The maximum atomic E-state index is 10.5. The van der Waals surface area contributed by atoms with Crippen molar-refractivity contribution in [1.82, 2.24) is 5.32 Å². The molecule has 0 bridgehead atoms. The van der Waals surface area contributed by atoms with Crippen LogP contribution < -0.4 is 5.32 Å². The second-order valence-electron chi connectivity index (χ2n) is 3.10. The van der Waals surface area contributed by atoms with Gasteiger partial charge in [0.15, 0.2) is 0 Å². The summed E-state index contributed by atoms with van der Waals surface area (Å²) in [6, 6.07) is 8.25. The number of benzene rings is 1. The molecule has 1 aromatic rings. The first kappa shape index (κ1) is 7.50. The van der Waals surface area contributed by atoms with E-state index in [-0.39, 0.29) is 6.04 Å². The van der Waals surface area contributed by atoms with Crippen LogP contribution in [-0.4, -0.2) is 12.3 Å². The Kier molecular flexibility index (Phi) is 1.92. The summed E-state index contributed by atoms with van der Waals surface area (Å²) in [5, 5.41) is 3.16. The Morgan fingerprint density at radius 3 is 2.83 bits per heavy atom. The fraction of sp³-hybridized carbons (Fsp3) is 0.300. The SMILES string of the molecule is O=CC1Cc2ccccc2CN1. The van der Waals surface area contributed by atoms with E-state index in [4.69, 9.17) is 0 Å². The molecule has 1 aliphatic rings. The largest absolute Gasteiger partial charge is 0.303 e. The third-order valence-electron chi connectivity index (χ3n) is 2.28. The van der Waals surface area contributed by atoms with Crippen LogP contribution in [0.1, 0.15) is 11.1 Å². The van der Waals surface area contributed by atoms with Crippen molar-refractivity contribution in [3.05, 3.63) is 35.4 Å². The molecule has 0 spiro atoms. The number of carbonyl (C=O) groups is 1. The van der Waals surface area contributed by atoms with Crippen molar-refractivity contribution in [3.63, 3.8) is 0 Å². The first-order valence-electron chi connectivity index (χ1n) is 4.15. The van der Waals surface area contributed by atoms with Gasteiger partial charge in [-0.05, 0) is 17.5 Å². The molecule has 1 N–H and O–H groups in total. The average Bonchev–Trinajstić information content (AvgIpc) is 2.17. The smallest absolute Gasteiger partial charge is 0.137 e. The van der Waals surface area contributed by atoms with Crippen molar-refractivity contribution in [2.75, 3.05) is 0 Å². The second kappa shape index (κ2) is 3.07. The number of rotatable bonds is 1. The second-order valence-corrected chi connectivity index (χ2v) is 3.10. The predicted octanol–water partition coefficient (Wildman–Crippen LogP) is 0.900. The zero-order valence-corrected chi connectivity index (χ0v) is 6.79. The molecule has 62 valence electrons. The van der Waals surface area contributed by atoms with Crippen LogP contribution >= 0.6 is 0 Å². The van der Waals surface area contributed by atoms with Gasteiger partial charge >= 0.3 is 0 Å². The first-order valence-corrected chi connectivity index (χ1v) is 4.15. The van der Waals surface area contributed by atoms with Gasteiger partial charge in [-0.25, -0.2) is 0 Å². The lowest BCUT2D eigenvalue weighted by Gasteiger charge is -2.21. The van der Waals surface area contributed by atoms with Crippen LogP contribution in [0, 0.1) is 0 Å². The Labute approximate surface area is 71.6 Å². The third-order valence-corrected chi connectivity index (χ3v) is 2.28. The van der Waals surface area contributed by atoms with E-state index in [0.29, 0.717) is 0 Å². The third kappa shape index (κ3) is 1.25. The molecular weight excluding hydrogens is 150 g/mol. The van der Waals surface area contributed by atoms with Crippen molar-refractivity contribution >= 4 is 6.29 Å². The van der Waals surface area contributed by atoms with Gasteiger partial charge in [0.2, 0.25) is 0 Å². The number of hydrogen-bond donors (Lipinski definition) is 1. The molecule has 0 amide bonds. The quantitative estimate of drug-likeness (QED) is 0.620. The van der Waals surface area contributed by atoms with E-state index < -0.39 is 0 Å². The van der Waals surface area contributed by atoms with Gasteiger partial charge in [-0.15, -0.1) is 0 Å². The Balaban J connectivity index is 2.28. The number of fused-ring (bicyclic) bond motifs is 1. The van der Waals surface area contributed by atoms with Crippen LogP contribution in [0.4, 0.5) is 0 Å². The minimum atomic E-state index is 0.0138. The lowest BCUT2D eigenvalue weighted by molar-refractivity contribution is -0.109. The Bertz CT molecular complexity index is 296. The van der Waals surface area contributed by atoms with Gasteiger partial charge in [-0.1, -0.05) is 24.3 Å². The highest BCUT2D eigenvalue weighted by Crippen LogP contribution is 2.14. The van der Waals surface area contributed by atoms with Crippen LogP contribution in [0.5, 0.6) is 0 Å². The number of nitrogens with one attached hydrogen (secondary N) is 1. The van der Waals surface area contributed by atoms with E-state index in [1.807, 2.05) is 12.1 Å². The lowest BCUT2D eigenvalue weighted by atomic mass is 9.97. The molecule has 0 fully saturated rings. The molecular formula is C10H11NO. The highest BCUT2D eigenvalue weighted by molar-refractivity contribution is 5.59. The molecule has 2 nitrogen and oxygen atoms in total. The van der Waals surface area contributed by atoms with E-state index in [0.717, 1.165) is 19.3 Å². The van der Waals surface area contributed by atoms with Crippen LogP contribution in [0.25, 0.3) is 0 Å².